The summed E-state index contributed by atoms with van der Waals surface area (Å²) in [4.78, 5) is 2.16. The Labute approximate surface area is 303 Å². The highest BCUT2D eigenvalue weighted by Gasteiger charge is 2.19. The molecule has 2 aliphatic carbocycles. The van der Waals surface area contributed by atoms with Gasteiger partial charge in [-0.15, -0.1) is 11.3 Å². The van der Waals surface area contributed by atoms with Crippen LogP contribution in [0.1, 0.15) is 57.4 Å². The van der Waals surface area contributed by atoms with E-state index in [-0.39, 0.29) is 0 Å². The number of rotatable bonds is 3. The molecule has 0 amide bonds. The standard InChI is InChI=1S/C19H18N2.C18H14S.C6H6.2C2H6/c1-20(2)15-11-12-17-16-9-6-10-18(16)21(19(17)13-15)14-7-4-3-5-8-14;1-2-6-13(7-3-1)14-10-11-16-15-8-4-5-9-17(15)19-18(16)12-14;1-2-4-6-5-3-1;2*1-2/h3-9,11-13H,10H2,1-2H3;1-2,4-6,8-12H,3,7H2;1-6H;2*1-2H3. The predicted molar refractivity (Wildman–Crippen MR) is 225 cm³/mol. The Balaban J connectivity index is 0.000000154. The molecule has 3 heteroatoms. The monoisotopic (exact) mass is 674 g/mol. The van der Waals surface area contributed by atoms with E-state index in [1.807, 2.05) is 75.4 Å². The van der Waals surface area contributed by atoms with E-state index in [0.717, 1.165) is 19.3 Å². The van der Waals surface area contributed by atoms with Crippen molar-refractivity contribution in [3.05, 3.63) is 169 Å². The molecular weight excluding hydrogens is 625 g/mol. The van der Waals surface area contributed by atoms with Crippen LogP contribution in [0.25, 0.3) is 48.4 Å². The largest absolute Gasteiger partial charge is 0.378 e. The Morgan fingerprint density at radius 2 is 1.26 bits per heavy atom. The molecule has 0 radical (unpaired) electrons. The Kier molecular flexibility index (Phi) is 13.0. The first-order valence-corrected chi connectivity index (χ1v) is 18.8. The van der Waals surface area contributed by atoms with Crippen LogP contribution in [0.5, 0.6) is 0 Å². The molecule has 2 nitrogen and oxygen atoms in total. The van der Waals surface area contributed by atoms with Gasteiger partial charge in [-0.3, -0.25) is 0 Å². The molecule has 5 aromatic carbocycles. The number of benzene rings is 5. The van der Waals surface area contributed by atoms with Crippen LogP contribution in [0.4, 0.5) is 5.69 Å². The van der Waals surface area contributed by atoms with Gasteiger partial charge in [0.05, 0.1) is 5.52 Å². The maximum absolute atomic E-state index is 2.40. The average Bonchev–Trinajstić information content (AvgIpc) is 3.91. The number of aromatic nitrogens is 1. The van der Waals surface area contributed by atoms with E-state index in [0.29, 0.717) is 0 Å². The summed E-state index contributed by atoms with van der Waals surface area (Å²) < 4.78 is 5.18. The SMILES string of the molecule is C1=CCCC(c2ccc3c(c2)sc2ccccc23)=C1.CC.CC.CN(C)c1ccc2c3c(n(-c4ccccc4)c2c1)CC=C3.c1ccccc1. The molecule has 9 rings (SSSR count). The summed E-state index contributed by atoms with van der Waals surface area (Å²) in [6.07, 6.45) is 14.5. The van der Waals surface area contributed by atoms with Crippen LogP contribution in [0.3, 0.4) is 0 Å². The van der Waals surface area contributed by atoms with Gasteiger partial charge in [0.25, 0.3) is 0 Å². The molecule has 0 saturated heterocycles. The van der Waals surface area contributed by atoms with Crippen molar-refractivity contribution in [3.63, 3.8) is 0 Å². The van der Waals surface area contributed by atoms with Gasteiger partial charge in [0.2, 0.25) is 0 Å². The molecule has 254 valence electrons. The van der Waals surface area contributed by atoms with Gasteiger partial charge in [-0.2, -0.15) is 0 Å². The van der Waals surface area contributed by atoms with Crippen molar-refractivity contribution in [3.8, 4) is 5.69 Å². The minimum Gasteiger partial charge on any atom is -0.378 e. The fourth-order valence-electron chi connectivity index (χ4n) is 6.33. The van der Waals surface area contributed by atoms with Crippen molar-refractivity contribution in [2.75, 3.05) is 19.0 Å². The van der Waals surface area contributed by atoms with Crippen LogP contribution in [0.2, 0.25) is 0 Å². The first-order chi connectivity index (χ1) is 24.7. The molecule has 50 heavy (non-hydrogen) atoms. The van der Waals surface area contributed by atoms with E-state index in [9.17, 15) is 0 Å². The second kappa shape index (κ2) is 18.0. The zero-order valence-electron chi connectivity index (χ0n) is 30.4. The topological polar surface area (TPSA) is 8.17 Å². The van der Waals surface area contributed by atoms with Gasteiger partial charge >= 0.3 is 0 Å². The number of hydrogen-bond donors (Lipinski definition) is 0. The van der Waals surface area contributed by atoms with Gasteiger partial charge in [-0.05, 0) is 60.4 Å². The van der Waals surface area contributed by atoms with Gasteiger partial charge in [0, 0.05) is 68.7 Å². The molecule has 0 unspecified atom stereocenters. The molecule has 0 bridgehead atoms. The predicted octanol–water partition coefficient (Wildman–Crippen LogP) is 13.8. The van der Waals surface area contributed by atoms with Crippen LogP contribution in [-0.4, -0.2) is 18.7 Å². The molecule has 2 aliphatic rings. The summed E-state index contributed by atoms with van der Waals surface area (Å²) in [5.74, 6) is 0. The molecule has 2 aromatic heterocycles. The molecule has 0 fully saturated rings. The molecule has 0 saturated carbocycles. The third kappa shape index (κ3) is 8.18. The van der Waals surface area contributed by atoms with Crippen LogP contribution in [0.15, 0.2) is 152 Å². The van der Waals surface area contributed by atoms with Crippen molar-refractivity contribution in [2.45, 2.75) is 47.0 Å². The number of allylic oxidation sites excluding steroid dienone is 5. The number of thiophene rings is 1. The fourth-order valence-corrected chi connectivity index (χ4v) is 7.48. The number of nitrogens with zero attached hydrogens (tertiary/aromatic N) is 2. The molecule has 0 aliphatic heterocycles. The molecule has 0 atom stereocenters. The van der Waals surface area contributed by atoms with Crippen LogP contribution in [0, 0.1) is 0 Å². The third-order valence-electron chi connectivity index (χ3n) is 8.65. The number of para-hydroxylation sites is 1. The van der Waals surface area contributed by atoms with Gasteiger partial charge in [-0.25, -0.2) is 0 Å². The highest BCUT2D eigenvalue weighted by atomic mass is 32.1. The lowest BCUT2D eigenvalue weighted by Gasteiger charge is -2.14. The van der Waals surface area contributed by atoms with Gasteiger partial charge < -0.3 is 9.47 Å². The van der Waals surface area contributed by atoms with Crippen molar-refractivity contribution in [1.29, 1.82) is 0 Å². The Hall–Kier alpha value is -5.12. The van der Waals surface area contributed by atoms with E-state index < -0.39 is 0 Å². The van der Waals surface area contributed by atoms with Crippen molar-refractivity contribution in [1.82, 2.24) is 4.57 Å². The first kappa shape index (κ1) is 36.2. The zero-order valence-corrected chi connectivity index (χ0v) is 31.3. The minimum atomic E-state index is 1.01. The Morgan fingerprint density at radius 1 is 0.620 bits per heavy atom. The highest BCUT2D eigenvalue weighted by Crippen LogP contribution is 2.37. The summed E-state index contributed by atoms with van der Waals surface area (Å²) in [5.41, 5.74) is 9.38. The summed E-state index contributed by atoms with van der Waals surface area (Å²) >= 11 is 1.89. The number of hydrogen-bond acceptors (Lipinski definition) is 2. The summed E-state index contributed by atoms with van der Waals surface area (Å²) in [6.45, 7) is 8.00. The van der Waals surface area contributed by atoms with Gasteiger partial charge in [-0.1, -0.05) is 149 Å². The van der Waals surface area contributed by atoms with E-state index in [2.05, 4.69) is 145 Å². The molecule has 7 aromatic rings. The quantitative estimate of drug-likeness (QED) is 0.181. The second-order valence-electron chi connectivity index (χ2n) is 11.9. The normalized spacial score (nSPS) is 12.3. The molecule has 0 spiro atoms. The van der Waals surface area contributed by atoms with Crippen LogP contribution in [-0.2, 0) is 6.42 Å². The van der Waals surface area contributed by atoms with Gasteiger partial charge in [0.1, 0.15) is 0 Å². The Bertz CT molecular complexity index is 2170. The van der Waals surface area contributed by atoms with Crippen molar-refractivity contribution < 1.29 is 0 Å². The highest BCUT2D eigenvalue weighted by molar-refractivity contribution is 7.25. The summed E-state index contributed by atoms with van der Waals surface area (Å²) in [5, 5.41) is 4.11. The second-order valence-corrected chi connectivity index (χ2v) is 12.9. The first-order valence-electron chi connectivity index (χ1n) is 18.0. The lowest BCUT2D eigenvalue weighted by molar-refractivity contribution is 1.01. The lowest BCUT2D eigenvalue weighted by atomic mass is 9.97. The maximum atomic E-state index is 2.40. The van der Waals surface area contributed by atoms with E-state index in [4.69, 9.17) is 0 Å². The number of fused-ring (bicyclic) bond motifs is 6. The molecule has 0 N–H and O–H groups in total. The third-order valence-corrected chi connectivity index (χ3v) is 9.78. The average molecular weight is 675 g/mol. The smallest absolute Gasteiger partial charge is 0.0558 e. The van der Waals surface area contributed by atoms with E-state index in [1.54, 1.807) is 0 Å². The van der Waals surface area contributed by atoms with Crippen molar-refractivity contribution >= 4 is 59.7 Å². The Morgan fingerprint density at radius 3 is 1.94 bits per heavy atom. The minimum absolute atomic E-state index is 1.01. The van der Waals surface area contributed by atoms with E-state index in [1.165, 1.54) is 64.8 Å². The zero-order chi connectivity index (χ0) is 35.3. The van der Waals surface area contributed by atoms with Crippen LogP contribution >= 0.6 is 11.3 Å². The van der Waals surface area contributed by atoms with E-state index >= 15 is 0 Å². The summed E-state index contributed by atoms with van der Waals surface area (Å²) in [6, 6.07) is 44.9. The summed E-state index contributed by atoms with van der Waals surface area (Å²) in [7, 11) is 4.18. The van der Waals surface area contributed by atoms with Gasteiger partial charge in [0.15, 0.2) is 0 Å². The maximum Gasteiger partial charge on any atom is 0.0558 e. The number of anilines is 1. The molecule has 2 heterocycles. The van der Waals surface area contributed by atoms with Crippen LogP contribution < -0.4 is 4.90 Å². The lowest BCUT2D eigenvalue weighted by Crippen LogP contribution is -2.08. The molecular formula is C47H50N2S. The van der Waals surface area contributed by atoms with Crippen molar-refractivity contribution in [2.24, 2.45) is 0 Å². The fraction of sp³-hybridized carbons (Fsp3) is 0.191.